The van der Waals surface area contributed by atoms with Gasteiger partial charge in [-0.15, -0.1) is 0 Å². The second-order valence-electron chi connectivity index (χ2n) is 6.79. The Morgan fingerprint density at radius 1 is 1.04 bits per heavy atom. The Kier molecular flexibility index (Phi) is 7.28. The van der Waals surface area contributed by atoms with Crippen LogP contribution in [0.5, 0.6) is 5.75 Å². The van der Waals surface area contributed by atoms with E-state index < -0.39 is 0 Å². The second kappa shape index (κ2) is 10.3. The number of nitrogens with zero attached hydrogens (tertiary/aromatic N) is 3. The summed E-state index contributed by atoms with van der Waals surface area (Å²) in [7, 11) is 0. The third-order valence-corrected chi connectivity index (χ3v) is 4.73. The Labute approximate surface area is 166 Å². The van der Waals surface area contributed by atoms with Gasteiger partial charge in [-0.25, -0.2) is 0 Å². The molecule has 2 N–H and O–H groups in total. The van der Waals surface area contributed by atoms with E-state index in [1.807, 2.05) is 18.2 Å². The first-order valence-corrected chi connectivity index (χ1v) is 9.65. The number of nitriles is 1. The van der Waals surface area contributed by atoms with Crippen molar-refractivity contribution < 1.29 is 9.57 Å². The summed E-state index contributed by atoms with van der Waals surface area (Å²) in [5.41, 5.74) is 8.85. The van der Waals surface area contributed by atoms with E-state index in [1.54, 1.807) is 24.3 Å². The van der Waals surface area contributed by atoms with Gasteiger partial charge in [-0.05, 0) is 55.8 Å². The molecule has 0 unspecified atom stereocenters. The summed E-state index contributed by atoms with van der Waals surface area (Å²) in [5, 5.41) is 12.9. The maximum Gasteiger partial charge on any atom is 0.170 e. The maximum atomic E-state index is 8.79. The maximum absolute atomic E-state index is 8.79. The van der Waals surface area contributed by atoms with Gasteiger partial charge in [0, 0.05) is 12.1 Å². The fourth-order valence-electron chi connectivity index (χ4n) is 3.25. The topological polar surface area (TPSA) is 83.9 Å². The minimum Gasteiger partial charge on any atom is -0.490 e. The van der Waals surface area contributed by atoms with Crippen LogP contribution in [0.1, 0.15) is 36.0 Å². The fourth-order valence-corrected chi connectivity index (χ4v) is 3.25. The molecule has 1 heterocycles. The van der Waals surface area contributed by atoms with Crippen molar-refractivity contribution in [3.05, 3.63) is 65.2 Å². The summed E-state index contributed by atoms with van der Waals surface area (Å²) in [5.74, 6) is 1.07. The predicted molar refractivity (Wildman–Crippen MR) is 109 cm³/mol. The number of likely N-dealkylation sites (tertiary alicyclic amines) is 1. The summed E-state index contributed by atoms with van der Waals surface area (Å²) < 4.78 is 5.57. The molecule has 1 aliphatic rings. The van der Waals surface area contributed by atoms with Crippen molar-refractivity contribution in [2.24, 2.45) is 10.9 Å². The molecule has 2 aromatic rings. The highest BCUT2D eigenvalue weighted by Gasteiger charge is 2.13. The van der Waals surface area contributed by atoms with Gasteiger partial charge in [0.05, 0.1) is 11.6 Å². The van der Waals surface area contributed by atoms with Gasteiger partial charge in [0.25, 0.3) is 0 Å². The third-order valence-electron chi connectivity index (χ3n) is 4.73. The van der Waals surface area contributed by atoms with Crippen molar-refractivity contribution in [1.29, 1.82) is 5.26 Å². The zero-order valence-electron chi connectivity index (χ0n) is 16.0. The number of amidine groups is 1. The number of oxime groups is 1. The molecule has 1 aliphatic heterocycles. The van der Waals surface area contributed by atoms with E-state index in [9.17, 15) is 0 Å². The van der Waals surface area contributed by atoms with Crippen LogP contribution in [0.2, 0.25) is 0 Å². The first-order chi connectivity index (χ1) is 13.8. The first-order valence-electron chi connectivity index (χ1n) is 9.65. The monoisotopic (exact) mass is 378 g/mol. The quantitative estimate of drug-likeness (QED) is 0.330. The minimum atomic E-state index is 0.287. The lowest BCUT2D eigenvalue weighted by Crippen LogP contribution is -2.30. The van der Waals surface area contributed by atoms with Crippen LogP contribution in [-0.4, -0.2) is 37.0 Å². The van der Waals surface area contributed by atoms with Gasteiger partial charge in [-0.1, -0.05) is 35.8 Å². The van der Waals surface area contributed by atoms with E-state index in [4.69, 9.17) is 20.6 Å². The van der Waals surface area contributed by atoms with Crippen molar-refractivity contribution in [2.75, 3.05) is 26.3 Å². The van der Waals surface area contributed by atoms with Crippen LogP contribution < -0.4 is 10.5 Å². The predicted octanol–water partition coefficient (Wildman–Crippen LogP) is 3.26. The Bertz CT molecular complexity index is 821. The van der Waals surface area contributed by atoms with Gasteiger partial charge in [0.2, 0.25) is 0 Å². The van der Waals surface area contributed by atoms with Gasteiger partial charge in [0.1, 0.15) is 12.4 Å². The van der Waals surface area contributed by atoms with E-state index in [0.717, 1.165) is 25.2 Å². The smallest absolute Gasteiger partial charge is 0.170 e. The normalized spacial score (nSPS) is 15.0. The van der Waals surface area contributed by atoms with Crippen LogP contribution in [0.15, 0.2) is 53.7 Å². The van der Waals surface area contributed by atoms with E-state index in [0.29, 0.717) is 23.8 Å². The number of rotatable bonds is 8. The summed E-state index contributed by atoms with van der Waals surface area (Å²) in [6.07, 6.45) is 3.84. The van der Waals surface area contributed by atoms with Crippen LogP contribution in [-0.2, 0) is 11.4 Å². The molecule has 0 saturated carbocycles. The first kappa shape index (κ1) is 19.7. The molecular formula is C22H26N4O2. The van der Waals surface area contributed by atoms with E-state index in [2.05, 4.69) is 22.2 Å². The SMILES string of the molecule is N#Cc1ccc(OCCO/N=C(/N)c2ccccc2CN2CCCCC2)cc1. The fraction of sp³-hybridized carbons (Fsp3) is 0.364. The molecule has 146 valence electrons. The minimum absolute atomic E-state index is 0.287. The molecule has 2 aromatic carbocycles. The molecule has 28 heavy (non-hydrogen) atoms. The number of ether oxygens (including phenoxy) is 1. The van der Waals surface area contributed by atoms with E-state index in [1.165, 1.54) is 24.8 Å². The number of nitrogens with two attached hydrogens (primary N) is 1. The van der Waals surface area contributed by atoms with Crippen molar-refractivity contribution in [2.45, 2.75) is 25.8 Å². The molecule has 6 heteroatoms. The lowest BCUT2D eigenvalue weighted by Gasteiger charge is -2.27. The van der Waals surface area contributed by atoms with Crippen LogP contribution in [0.3, 0.4) is 0 Å². The zero-order chi connectivity index (χ0) is 19.6. The molecule has 0 radical (unpaired) electrons. The van der Waals surface area contributed by atoms with Crippen molar-refractivity contribution >= 4 is 5.84 Å². The largest absolute Gasteiger partial charge is 0.490 e. The highest BCUT2D eigenvalue weighted by molar-refractivity contribution is 5.98. The van der Waals surface area contributed by atoms with Crippen LogP contribution in [0, 0.1) is 11.3 Å². The van der Waals surface area contributed by atoms with Crippen molar-refractivity contribution in [1.82, 2.24) is 4.90 Å². The summed E-state index contributed by atoms with van der Waals surface area (Å²) in [4.78, 5) is 7.79. The van der Waals surface area contributed by atoms with E-state index >= 15 is 0 Å². The molecule has 0 aromatic heterocycles. The molecule has 0 spiro atoms. The second-order valence-corrected chi connectivity index (χ2v) is 6.79. The Morgan fingerprint density at radius 3 is 2.54 bits per heavy atom. The van der Waals surface area contributed by atoms with Gasteiger partial charge in [-0.2, -0.15) is 5.26 Å². The Hall–Kier alpha value is -3.04. The molecule has 0 bridgehead atoms. The van der Waals surface area contributed by atoms with Crippen molar-refractivity contribution in [3.63, 3.8) is 0 Å². The number of hydrogen-bond acceptors (Lipinski definition) is 5. The average Bonchev–Trinajstić information content (AvgIpc) is 2.75. The Morgan fingerprint density at radius 2 is 1.79 bits per heavy atom. The lowest BCUT2D eigenvalue weighted by atomic mass is 10.0. The molecular weight excluding hydrogens is 352 g/mol. The van der Waals surface area contributed by atoms with Gasteiger partial charge < -0.3 is 15.3 Å². The zero-order valence-corrected chi connectivity index (χ0v) is 16.0. The molecule has 3 rings (SSSR count). The molecule has 0 aliphatic carbocycles. The highest BCUT2D eigenvalue weighted by Crippen LogP contribution is 2.16. The summed E-state index contributed by atoms with van der Waals surface area (Å²) in [6.45, 7) is 3.78. The number of benzene rings is 2. The molecule has 0 atom stereocenters. The summed E-state index contributed by atoms with van der Waals surface area (Å²) in [6, 6.07) is 17.1. The van der Waals surface area contributed by atoms with Crippen LogP contribution >= 0.6 is 0 Å². The lowest BCUT2D eigenvalue weighted by molar-refractivity contribution is 0.107. The van der Waals surface area contributed by atoms with Crippen molar-refractivity contribution in [3.8, 4) is 11.8 Å². The Balaban J connectivity index is 1.49. The van der Waals surface area contributed by atoms with Gasteiger partial charge in [0.15, 0.2) is 12.4 Å². The average molecular weight is 378 g/mol. The summed E-state index contributed by atoms with van der Waals surface area (Å²) >= 11 is 0. The van der Waals surface area contributed by atoms with E-state index in [-0.39, 0.29) is 6.61 Å². The van der Waals surface area contributed by atoms with Crippen LogP contribution in [0.25, 0.3) is 0 Å². The third kappa shape index (κ3) is 5.73. The number of piperidine rings is 1. The molecule has 1 fully saturated rings. The van der Waals surface area contributed by atoms with Gasteiger partial charge in [-0.3, -0.25) is 4.90 Å². The van der Waals surface area contributed by atoms with Crippen LogP contribution in [0.4, 0.5) is 0 Å². The number of hydrogen-bond donors (Lipinski definition) is 1. The molecule has 6 nitrogen and oxygen atoms in total. The molecule has 0 amide bonds. The van der Waals surface area contributed by atoms with Gasteiger partial charge >= 0.3 is 0 Å². The highest BCUT2D eigenvalue weighted by atomic mass is 16.6. The molecule has 1 saturated heterocycles. The standard InChI is InChI=1S/C22H26N4O2/c23-16-18-8-10-20(11-9-18)27-14-15-28-25-22(24)21-7-3-2-6-19(21)17-26-12-4-1-5-13-26/h2-3,6-11H,1,4-5,12-15,17H2,(H2,24,25).